The summed E-state index contributed by atoms with van der Waals surface area (Å²) in [7, 11) is 1.68. The van der Waals surface area contributed by atoms with Crippen molar-refractivity contribution in [3.63, 3.8) is 0 Å². The van der Waals surface area contributed by atoms with Crippen LogP contribution in [0.15, 0.2) is 41.0 Å². The fraction of sp³-hybridized carbons (Fsp3) is 0.267. The van der Waals surface area contributed by atoms with Crippen molar-refractivity contribution in [3.05, 3.63) is 58.1 Å². The van der Waals surface area contributed by atoms with Gasteiger partial charge >= 0.3 is 0 Å². The molecule has 20 heavy (non-hydrogen) atoms. The van der Waals surface area contributed by atoms with E-state index in [0.29, 0.717) is 17.8 Å². The second kappa shape index (κ2) is 6.22. The number of aryl methyl sites for hydroxylation is 1. The molecule has 1 heterocycles. The van der Waals surface area contributed by atoms with E-state index in [9.17, 15) is 9.18 Å². The van der Waals surface area contributed by atoms with E-state index in [1.807, 2.05) is 17.7 Å². The number of rotatable bonds is 4. The number of carbonyl (C=O) groups excluding carboxylic acids is 1. The molecule has 0 saturated carbocycles. The Balaban J connectivity index is 2.18. The lowest BCUT2D eigenvalue weighted by Gasteiger charge is -2.18. The number of aromatic nitrogens is 1. The van der Waals surface area contributed by atoms with Gasteiger partial charge in [0.1, 0.15) is 11.5 Å². The predicted octanol–water partition coefficient (Wildman–Crippen LogP) is 3.68. The largest absolute Gasteiger partial charge is 0.343 e. The zero-order chi connectivity index (χ0) is 14.7. The van der Waals surface area contributed by atoms with Crippen LogP contribution in [-0.4, -0.2) is 22.4 Å². The zero-order valence-electron chi connectivity index (χ0n) is 11.4. The average Bonchev–Trinajstić information content (AvgIpc) is 2.81. The van der Waals surface area contributed by atoms with E-state index in [1.165, 1.54) is 11.0 Å². The summed E-state index contributed by atoms with van der Waals surface area (Å²) in [5, 5.41) is 0. The van der Waals surface area contributed by atoms with Gasteiger partial charge in [0.15, 0.2) is 0 Å². The Morgan fingerprint density at radius 1 is 1.40 bits per heavy atom. The topological polar surface area (TPSA) is 25.2 Å². The molecule has 106 valence electrons. The lowest BCUT2D eigenvalue weighted by atomic mass is 10.2. The minimum absolute atomic E-state index is 0.124. The Kier molecular flexibility index (Phi) is 4.60. The highest BCUT2D eigenvalue weighted by Crippen LogP contribution is 2.17. The van der Waals surface area contributed by atoms with Crippen LogP contribution in [0.25, 0.3) is 0 Å². The van der Waals surface area contributed by atoms with Gasteiger partial charge in [-0.3, -0.25) is 4.79 Å². The molecule has 0 bridgehead atoms. The fourth-order valence-electron chi connectivity index (χ4n) is 2.06. The molecule has 0 aliphatic carbocycles. The van der Waals surface area contributed by atoms with Crippen LogP contribution in [0.5, 0.6) is 0 Å². The molecule has 0 saturated heterocycles. The number of benzene rings is 1. The maximum atomic E-state index is 13.6. The third kappa shape index (κ3) is 3.10. The van der Waals surface area contributed by atoms with E-state index < -0.39 is 0 Å². The van der Waals surface area contributed by atoms with Crippen molar-refractivity contribution in [1.29, 1.82) is 0 Å². The van der Waals surface area contributed by atoms with E-state index in [1.54, 1.807) is 31.3 Å². The number of nitrogens with zero attached hydrogens (tertiary/aromatic N) is 2. The molecule has 3 nitrogen and oxygen atoms in total. The van der Waals surface area contributed by atoms with Crippen molar-refractivity contribution in [3.8, 4) is 0 Å². The molecule has 0 aliphatic heterocycles. The van der Waals surface area contributed by atoms with Gasteiger partial charge in [0, 0.05) is 36.4 Å². The first-order chi connectivity index (χ1) is 9.52. The van der Waals surface area contributed by atoms with Crippen LogP contribution in [0.1, 0.15) is 23.0 Å². The average molecular weight is 339 g/mol. The molecule has 0 aliphatic rings. The molecule has 1 aromatic heterocycles. The maximum Gasteiger partial charge on any atom is 0.270 e. The number of halogens is 2. The van der Waals surface area contributed by atoms with E-state index in [4.69, 9.17) is 0 Å². The van der Waals surface area contributed by atoms with Crippen molar-refractivity contribution in [2.24, 2.45) is 0 Å². The molecule has 1 aromatic carbocycles. The molecule has 0 N–H and O–H groups in total. The Morgan fingerprint density at radius 2 is 2.10 bits per heavy atom. The fourth-order valence-corrected chi connectivity index (χ4v) is 2.53. The van der Waals surface area contributed by atoms with Crippen LogP contribution in [0, 0.1) is 5.82 Å². The zero-order valence-corrected chi connectivity index (χ0v) is 13.0. The van der Waals surface area contributed by atoms with Crippen molar-refractivity contribution in [2.45, 2.75) is 20.0 Å². The number of carbonyl (C=O) groups is 1. The predicted molar refractivity (Wildman–Crippen MR) is 80.0 cm³/mol. The minimum atomic E-state index is -0.292. The van der Waals surface area contributed by atoms with Gasteiger partial charge in [0.2, 0.25) is 0 Å². The molecule has 0 unspecified atom stereocenters. The third-order valence-corrected chi connectivity index (χ3v) is 3.57. The summed E-state index contributed by atoms with van der Waals surface area (Å²) in [5.74, 6) is -0.417. The third-order valence-electron chi connectivity index (χ3n) is 3.14. The standard InChI is InChI=1S/C15H16BrFN2O/c1-3-19-10-12(16)8-14(19)15(20)18(2)9-11-6-4-5-7-13(11)17/h4-8,10H,3,9H2,1-2H3. The Labute approximate surface area is 126 Å². The Morgan fingerprint density at radius 3 is 2.75 bits per heavy atom. The van der Waals surface area contributed by atoms with Crippen LogP contribution < -0.4 is 0 Å². The highest BCUT2D eigenvalue weighted by molar-refractivity contribution is 9.10. The molecule has 2 rings (SSSR count). The van der Waals surface area contributed by atoms with Gasteiger partial charge in [-0.1, -0.05) is 18.2 Å². The molecule has 0 atom stereocenters. The molecule has 0 fully saturated rings. The Bertz CT molecular complexity index is 624. The van der Waals surface area contributed by atoms with Crippen molar-refractivity contribution < 1.29 is 9.18 Å². The van der Waals surface area contributed by atoms with Gasteiger partial charge in [-0.2, -0.15) is 0 Å². The van der Waals surface area contributed by atoms with E-state index in [2.05, 4.69) is 15.9 Å². The molecule has 0 spiro atoms. The van der Waals surface area contributed by atoms with E-state index in [-0.39, 0.29) is 18.3 Å². The summed E-state index contributed by atoms with van der Waals surface area (Å²) in [6, 6.07) is 8.28. The summed E-state index contributed by atoms with van der Waals surface area (Å²) in [6.07, 6.45) is 1.87. The van der Waals surface area contributed by atoms with Crippen LogP contribution in [0.3, 0.4) is 0 Å². The number of amides is 1. The summed E-state index contributed by atoms with van der Waals surface area (Å²) in [6.45, 7) is 2.93. The highest BCUT2D eigenvalue weighted by atomic mass is 79.9. The lowest BCUT2D eigenvalue weighted by Crippen LogP contribution is -2.28. The van der Waals surface area contributed by atoms with E-state index in [0.717, 1.165) is 4.47 Å². The monoisotopic (exact) mass is 338 g/mol. The van der Waals surface area contributed by atoms with Crippen LogP contribution in [-0.2, 0) is 13.1 Å². The first-order valence-corrected chi connectivity index (χ1v) is 7.16. The molecular weight excluding hydrogens is 323 g/mol. The quantitative estimate of drug-likeness (QED) is 0.834. The maximum absolute atomic E-state index is 13.6. The van der Waals surface area contributed by atoms with Crippen molar-refractivity contribution >= 4 is 21.8 Å². The second-order valence-corrected chi connectivity index (χ2v) is 5.50. The minimum Gasteiger partial charge on any atom is -0.343 e. The van der Waals surface area contributed by atoms with Crippen molar-refractivity contribution in [1.82, 2.24) is 9.47 Å². The first kappa shape index (κ1) is 14.8. The van der Waals surface area contributed by atoms with Gasteiger partial charge in [-0.25, -0.2) is 4.39 Å². The summed E-state index contributed by atoms with van der Waals surface area (Å²) < 4.78 is 16.3. The van der Waals surface area contributed by atoms with Crippen molar-refractivity contribution in [2.75, 3.05) is 7.05 Å². The number of hydrogen-bond acceptors (Lipinski definition) is 1. The van der Waals surface area contributed by atoms with Crippen LogP contribution in [0.2, 0.25) is 0 Å². The SMILES string of the molecule is CCn1cc(Br)cc1C(=O)N(C)Cc1ccccc1F. The summed E-state index contributed by atoms with van der Waals surface area (Å²) in [5.41, 5.74) is 1.11. The summed E-state index contributed by atoms with van der Waals surface area (Å²) in [4.78, 5) is 13.9. The Hall–Kier alpha value is -1.62. The normalized spacial score (nSPS) is 10.6. The summed E-state index contributed by atoms with van der Waals surface area (Å²) >= 11 is 3.37. The smallest absolute Gasteiger partial charge is 0.270 e. The molecule has 1 amide bonds. The molecule has 0 radical (unpaired) electrons. The first-order valence-electron chi connectivity index (χ1n) is 6.37. The van der Waals surface area contributed by atoms with Gasteiger partial charge in [-0.05, 0) is 35.0 Å². The van der Waals surface area contributed by atoms with Gasteiger partial charge in [0.05, 0.1) is 0 Å². The van der Waals surface area contributed by atoms with Gasteiger partial charge in [-0.15, -0.1) is 0 Å². The molecule has 5 heteroatoms. The van der Waals surface area contributed by atoms with Gasteiger partial charge < -0.3 is 9.47 Å². The number of hydrogen-bond donors (Lipinski definition) is 0. The molecule has 2 aromatic rings. The molecular formula is C15H16BrFN2O. The second-order valence-electron chi connectivity index (χ2n) is 4.58. The lowest BCUT2D eigenvalue weighted by molar-refractivity contribution is 0.0773. The van der Waals surface area contributed by atoms with Crippen LogP contribution >= 0.6 is 15.9 Å². The van der Waals surface area contributed by atoms with E-state index >= 15 is 0 Å². The van der Waals surface area contributed by atoms with Crippen LogP contribution in [0.4, 0.5) is 4.39 Å². The van der Waals surface area contributed by atoms with Gasteiger partial charge in [0.25, 0.3) is 5.91 Å². The highest BCUT2D eigenvalue weighted by Gasteiger charge is 2.17.